The molecule has 1 saturated heterocycles. The first-order valence-corrected chi connectivity index (χ1v) is 8.76. The summed E-state index contributed by atoms with van der Waals surface area (Å²) in [7, 11) is -3.00. The number of hydrogen-bond donors (Lipinski definition) is 1. The van der Waals surface area contributed by atoms with Crippen molar-refractivity contribution in [2.45, 2.75) is 25.8 Å². The number of aryl methyl sites for hydroxylation is 1. The molecule has 0 spiro atoms. The highest BCUT2D eigenvalue weighted by atomic mass is 79.9. The zero-order valence-corrected chi connectivity index (χ0v) is 13.1. The molecule has 19 heavy (non-hydrogen) atoms. The summed E-state index contributed by atoms with van der Waals surface area (Å²) < 4.78 is 23.8. The van der Waals surface area contributed by atoms with Gasteiger partial charge in [-0.25, -0.2) is 8.42 Å². The van der Waals surface area contributed by atoms with E-state index in [1.165, 1.54) is 0 Å². The Balaban J connectivity index is 2.11. The molecular weight excluding hydrogens is 330 g/mol. The second-order valence-corrected chi connectivity index (χ2v) is 7.99. The van der Waals surface area contributed by atoms with Crippen LogP contribution in [-0.2, 0) is 9.84 Å². The molecule has 1 aliphatic rings. The van der Waals surface area contributed by atoms with Crippen molar-refractivity contribution in [3.8, 4) is 0 Å². The predicted molar refractivity (Wildman–Crippen MR) is 78.0 cm³/mol. The summed E-state index contributed by atoms with van der Waals surface area (Å²) in [4.78, 5) is 12.2. The van der Waals surface area contributed by atoms with Crippen LogP contribution < -0.4 is 5.32 Å². The van der Waals surface area contributed by atoms with Crippen LogP contribution in [0.15, 0.2) is 22.7 Å². The first kappa shape index (κ1) is 14.5. The van der Waals surface area contributed by atoms with E-state index in [2.05, 4.69) is 21.2 Å². The van der Waals surface area contributed by atoms with E-state index in [4.69, 9.17) is 0 Å². The third kappa shape index (κ3) is 3.79. The lowest BCUT2D eigenvalue weighted by molar-refractivity contribution is 0.0937. The minimum atomic E-state index is -3.00. The third-order valence-corrected chi connectivity index (χ3v) is 5.68. The molecule has 1 atom stereocenters. The molecule has 104 valence electrons. The van der Waals surface area contributed by atoms with E-state index in [0.29, 0.717) is 22.9 Å². The maximum atomic E-state index is 12.2. The van der Waals surface area contributed by atoms with Gasteiger partial charge >= 0.3 is 0 Å². The van der Waals surface area contributed by atoms with Crippen LogP contribution in [-0.4, -0.2) is 31.9 Å². The molecule has 0 bridgehead atoms. The van der Waals surface area contributed by atoms with Gasteiger partial charge in [0.25, 0.3) is 5.91 Å². The largest absolute Gasteiger partial charge is 0.348 e. The Morgan fingerprint density at radius 2 is 2.16 bits per heavy atom. The van der Waals surface area contributed by atoms with E-state index >= 15 is 0 Å². The molecular formula is C13H16BrNO3S. The lowest BCUT2D eigenvalue weighted by atomic mass is 10.1. The average Bonchev–Trinajstić information content (AvgIpc) is 2.31. The number of amides is 1. The van der Waals surface area contributed by atoms with Crippen LogP contribution in [0, 0.1) is 6.92 Å². The second-order valence-electron chi connectivity index (χ2n) is 4.91. The van der Waals surface area contributed by atoms with Gasteiger partial charge < -0.3 is 5.32 Å². The van der Waals surface area contributed by atoms with Gasteiger partial charge in [0.05, 0.1) is 17.1 Å². The number of carbonyl (C=O) groups is 1. The summed E-state index contributed by atoms with van der Waals surface area (Å²) in [6.07, 6.45) is 1.33. The van der Waals surface area contributed by atoms with Gasteiger partial charge in [0.1, 0.15) is 0 Å². The van der Waals surface area contributed by atoms with E-state index in [0.717, 1.165) is 5.56 Å². The third-order valence-electron chi connectivity index (χ3n) is 3.16. The fourth-order valence-corrected chi connectivity index (χ4v) is 4.28. The molecule has 6 heteroatoms. The number of halogens is 1. The van der Waals surface area contributed by atoms with Crippen LogP contribution in [0.25, 0.3) is 0 Å². The molecule has 2 rings (SSSR count). The van der Waals surface area contributed by atoms with Crippen molar-refractivity contribution >= 4 is 31.7 Å². The molecule has 1 fully saturated rings. The summed E-state index contributed by atoms with van der Waals surface area (Å²) >= 11 is 3.34. The van der Waals surface area contributed by atoms with Crippen molar-refractivity contribution in [2.75, 3.05) is 11.5 Å². The van der Waals surface area contributed by atoms with Crippen LogP contribution in [0.1, 0.15) is 28.8 Å². The van der Waals surface area contributed by atoms with Gasteiger partial charge in [0.2, 0.25) is 0 Å². The highest BCUT2D eigenvalue weighted by Gasteiger charge is 2.26. The zero-order chi connectivity index (χ0) is 14.0. The van der Waals surface area contributed by atoms with E-state index in [9.17, 15) is 13.2 Å². The molecule has 1 N–H and O–H groups in total. The van der Waals surface area contributed by atoms with Crippen molar-refractivity contribution in [3.63, 3.8) is 0 Å². The van der Waals surface area contributed by atoms with Crippen molar-refractivity contribution in [1.29, 1.82) is 0 Å². The fraction of sp³-hybridized carbons (Fsp3) is 0.462. The molecule has 1 aliphatic heterocycles. The van der Waals surface area contributed by atoms with Gasteiger partial charge in [-0.05, 0) is 47.8 Å². The Morgan fingerprint density at radius 1 is 1.42 bits per heavy atom. The first-order valence-electron chi connectivity index (χ1n) is 6.15. The van der Waals surface area contributed by atoms with Gasteiger partial charge in [-0.2, -0.15) is 0 Å². The molecule has 1 amide bonds. The lowest BCUT2D eigenvalue weighted by Crippen LogP contribution is -2.43. The van der Waals surface area contributed by atoms with Gasteiger partial charge in [0.15, 0.2) is 9.84 Å². The van der Waals surface area contributed by atoms with Crippen LogP contribution in [0.5, 0.6) is 0 Å². The lowest BCUT2D eigenvalue weighted by Gasteiger charge is -2.23. The highest BCUT2D eigenvalue weighted by Crippen LogP contribution is 2.19. The van der Waals surface area contributed by atoms with Gasteiger partial charge in [-0.15, -0.1) is 0 Å². The summed E-state index contributed by atoms with van der Waals surface area (Å²) in [5, 5.41) is 2.81. The highest BCUT2D eigenvalue weighted by molar-refractivity contribution is 9.10. The zero-order valence-electron chi connectivity index (χ0n) is 10.6. The van der Waals surface area contributed by atoms with Crippen molar-refractivity contribution in [3.05, 3.63) is 33.8 Å². The Kier molecular flexibility index (Phi) is 4.30. The molecule has 1 unspecified atom stereocenters. The second kappa shape index (κ2) is 5.63. The van der Waals surface area contributed by atoms with Crippen LogP contribution in [0.3, 0.4) is 0 Å². The average molecular weight is 346 g/mol. The van der Waals surface area contributed by atoms with E-state index in [-0.39, 0.29) is 23.5 Å². The van der Waals surface area contributed by atoms with E-state index in [1.807, 2.05) is 19.1 Å². The maximum Gasteiger partial charge on any atom is 0.252 e. The fourth-order valence-electron chi connectivity index (χ4n) is 2.21. The quantitative estimate of drug-likeness (QED) is 0.892. The van der Waals surface area contributed by atoms with Gasteiger partial charge in [0, 0.05) is 10.5 Å². The number of carbonyl (C=O) groups excluding carboxylic acids is 1. The van der Waals surface area contributed by atoms with Crippen molar-refractivity contribution in [2.24, 2.45) is 0 Å². The van der Waals surface area contributed by atoms with Crippen LogP contribution in [0.2, 0.25) is 0 Å². The van der Waals surface area contributed by atoms with Crippen molar-refractivity contribution in [1.82, 2.24) is 5.32 Å². The van der Waals surface area contributed by atoms with Gasteiger partial charge in [-0.1, -0.05) is 11.6 Å². The number of benzene rings is 1. The Morgan fingerprint density at radius 3 is 2.84 bits per heavy atom. The molecule has 0 aliphatic carbocycles. The summed E-state index contributed by atoms with van der Waals surface area (Å²) in [6.45, 7) is 1.91. The monoisotopic (exact) mass is 345 g/mol. The Labute approximate surface area is 121 Å². The predicted octanol–water partition coefficient (Wildman–Crippen LogP) is 2.06. The summed E-state index contributed by atoms with van der Waals surface area (Å²) in [5.41, 5.74) is 1.53. The first-order chi connectivity index (χ1) is 8.87. The molecule has 4 nitrogen and oxygen atoms in total. The number of nitrogens with one attached hydrogen (secondary N) is 1. The minimum absolute atomic E-state index is 0.0438. The maximum absolute atomic E-state index is 12.2. The molecule has 1 heterocycles. The Bertz CT molecular complexity index is 598. The van der Waals surface area contributed by atoms with Crippen LogP contribution >= 0.6 is 15.9 Å². The molecule has 0 saturated carbocycles. The topological polar surface area (TPSA) is 63.2 Å². The number of rotatable bonds is 2. The number of hydrogen-bond acceptors (Lipinski definition) is 3. The standard InChI is InChI=1S/C13H16BrNO3S/c1-9-4-5-12(14)11(7-9)13(16)15-10-3-2-6-19(17,18)8-10/h4-5,7,10H,2-3,6,8H2,1H3,(H,15,16). The van der Waals surface area contributed by atoms with Crippen LogP contribution in [0.4, 0.5) is 0 Å². The molecule has 1 aromatic rings. The normalized spacial score (nSPS) is 21.9. The smallest absolute Gasteiger partial charge is 0.252 e. The molecule has 0 aromatic heterocycles. The summed E-state index contributed by atoms with van der Waals surface area (Å²) in [5.74, 6) is 0.0491. The van der Waals surface area contributed by atoms with Gasteiger partial charge in [-0.3, -0.25) is 4.79 Å². The molecule has 0 radical (unpaired) electrons. The van der Waals surface area contributed by atoms with Crippen molar-refractivity contribution < 1.29 is 13.2 Å². The number of sulfone groups is 1. The Hall–Kier alpha value is -0.880. The van der Waals surface area contributed by atoms with E-state index in [1.54, 1.807) is 6.07 Å². The molecule has 1 aromatic carbocycles. The van der Waals surface area contributed by atoms with E-state index < -0.39 is 9.84 Å². The summed E-state index contributed by atoms with van der Waals surface area (Å²) in [6, 6.07) is 5.24. The minimum Gasteiger partial charge on any atom is -0.348 e. The SMILES string of the molecule is Cc1ccc(Br)c(C(=O)NC2CCCS(=O)(=O)C2)c1.